The average molecular weight is 466 g/mol. The summed E-state index contributed by atoms with van der Waals surface area (Å²) in [5.74, 6) is -11.3. The molecule has 0 spiro atoms. The molecule has 0 fully saturated rings. The van der Waals surface area contributed by atoms with Crippen molar-refractivity contribution >= 4 is 38.7 Å². The fourth-order valence-corrected chi connectivity index (χ4v) is 9.33. The zero-order chi connectivity index (χ0) is 17.7. The van der Waals surface area contributed by atoms with Crippen LogP contribution in [0.15, 0.2) is 8.40 Å². The van der Waals surface area contributed by atoms with Gasteiger partial charge in [0.05, 0.1) is 16.1 Å². The van der Waals surface area contributed by atoms with E-state index >= 15 is 0 Å². The lowest BCUT2D eigenvalue weighted by molar-refractivity contribution is -0.343. The fourth-order valence-electron chi connectivity index (χ4n) is 1.65. The van der Waals surface area contributed by atoms with Gasteiger partial charge in [0, 0.05) is 0 Å². The fraction of sp³-hybridized carbons (Fsp3) is 0.818. The summed E-state index contributed by atoms with van der Waals surface area (Å²) in [5, 5.41) is -0.989. The van der Waals surface area contributed by atoms with Gasteiger partial charge in [0.2, 0.25) is 0 Å². The van der Waals surface area contributed by atoms with Gasteiger partial charge in [0.25, 0.3) is 0 Å². The van der Waals surface area contributed by atoms with Crippen LogP contribution in [0.2, 0.25) is 39.3 Å². The van der Waals surface area contributed by atoms with E-state index in [1.54, 1.807) is 19.6 Å². The van der Waals surface area contributed by atoms with Crippen LogP contribution in [0, 0.1) is 0 Å². The molecule has 10 heteroatoms. The first kappa shape index (κ1) is 21.4. The summed E-state index contributed by atoms with van der Waals surface area (Å²) >= 11 is 1.52. The Hall–Kier alpha value is 0.414. The molecule has 0 saturated heterocycles. The molecule has 0 rings (SSSR count). The lowest BCUT2D eigenvalue weighted by Crippen LogP contribution is -2.57. The van der Waals surface area contributed by atoms with E-state index in [4.69, 9.17) is 0 Å². The van der Waals surface area contributed by atoms with Crippen molar-refractivity contribution in [1.29, 1.82) is 0 Å². The van der Waals surface area contributed by atoms with E-state index in [1.807, 2.05) is 0 Å². The normalized spacial score (nSPS) is 16.9. The number of hydrogen-bond donors (Lipinski definition) is 0. The van der Waals surface area contributed by atoms with Gasteiger partial charge in [-0.1, -0.05) is 61.9 Å². The van der Waals surface area contributed by atoms with Crippen LogP contribution < -0.4 is 0 Å². The van der Waals surface area contributed by atoms with Crippen molar-refractivity contribution in [3.05, 3.63) is 8.40 Å². The second-order valence-electron chi connectivity index (χ2n) is 6.84. The second-order valence-corrected chi connectivity index (χ2v) is 18.9. The molecule has 21 heavy (non-hydrogen) atoms. The van der Waals surface area contributed by atoms with Gasteiger partial charge >= 0.3 is 18.0 Å². The topological polar surface area (TPSA) is 0 Å². The highest BCUT2D eigenvalue weighted by atomic mass is 127. The van der Waals surface area contributed by atoms with Crippen molar-refractivity contribution < 1.29 is 30.7 Å². The van der Waals surface area contributed by atoms with Crippen LogP contribution in [-0.2, 0) is 0 Å². The largest absolute Gasteiger partial charge is 0.460 e. The minimum Gasteiger partial charge on any atom is -0.195 e. The van der Waals surface area contributed by atoms with Gasteiger partial charge in [0.15, 0.2) is 0 Å². The molecule has 0 aromatic carbocycles. The zero-order valence-electron chi connectivity index (χ0n) is 12.5. The lowest BCUT2D eigenvalue weighted by Gasteiger charge is -2.37. The molecule has 0 aliphatic rings. The van der Waals surface area contributed by atoms with Gasteiger partial charge in [-0.05, 0) is 8.40 Å². The molecular formula is C11H18F7ISi2. The highest BCUT2D eigenvalue weighted by Crippen LogP contribution is 2.53. The molecule has 0 aliphatic carbocycles. The summed E-state index contributed by atoms with van der Waals surface area (Å²) in [7, 11) is -5.57. The van der Waals surface area contributed by atoms with Crippen molar-refractivity contribution in [3.63, 3.8) is 0 Å². The van der Waals surface area contributed by atoms with E-state index < -0.39 is 39.4 Å². The molecule has 0 N–H and O–H groups in total. The maximum absolute atomic E-state index is 14.2. The first-order valence-corrected chi connectivity index (χ1v) is 14.1. The summed E-state index contributed by atoms with van der Waals surface area (Å²) in [5.41, 5.74) is 0. The smallest absolute Gasteiger partial charge is 0.195 e. The summed E-state index contributed by atoms with van der Waals surface area (Å²) in [4.78, 5) is 0. The summed E-state index contributed by atoms with van der Waals surface area (Å²) in [6, 6.07) is 0. The molecule has 0 unspecified atom stereocenters. The van der Waals surface area contributed by atoms with Gasteiger partial charge in [-0.3, -0.25) is 0 Å². The summed E-state index contributed by atoms with van der Waals surface area (Å²) in [6.45, 7) is 8.95. The van der Waals surface area contributed by atoms with E-state index in [9.17, 15) is 30.7 Å². The van der Waals surface area contributed by atoms with E-state index in [-0.39, 0.29) is 3.20 Å². The first-order chi connectivity index (χ1) is 8.78. The first-order valence-electron chi connectivity index (χ1n) is 6.01. The van der Waals surface area contributed by atoms with E-state index in [1.165, 1.54) is 42.2 Å². The molecule has 0 atom stereocenters. The Morgan fingerprint density at radius 1 is 0.714 bits per heavy atom. The molecule has 0 aromatic heterocycles. The van der Waals surface area contributed by atoms with Crippen LogP contribution in [0.5, 0.6) is 0 Å². The third-order valence-corrected chi connectivity index (χ3v) is 12.5. The third-order valence-electron chi connectivity index (χ3n) is 2.69. The minimum atomic E-state index is -6.29. The summed E-state index contributed by atoms with van der Waals surface area (Å²) in [6.07, 6.45) is -6.29. The van der Waals surface area contributed by atoms with Gasteiger partial charge in [0.1, 0.15) is 0 Å². The Bertz CT molecular complexity index is 427. The Labute approximate surface area is 135 Å². The monoisotopic (exact) mass is 466 g/mol. The van der Waals surface area contributed by atoms with Crippen LogP contribution in [0.25, 0.3) is 0 Å². The molecule has 0 nitrogen and oxygen atoms in total. The molecule has 0 saturated carbocycles. The van der Waals surface area contributed by atoms with Crippen LogP contribution in [0.4, 0.5) is 30.7 Å². The number of hydrogen-bond acceptors (Lipinski definition) is 0. The number of allylic oxidation sites excluding steroid dienone is 1. The molecule has 0 radical (unpaired) electrons. The molecule has 0 aromatic rings. The molecule has 126 valence electrons. The van der Waals surface area contributed by atoms with Crippen molar-refractivity contribution in [2.45, 2.75) is 57.3 Å². The van der Waals surface area contributed by atoms with Gasteiger partial charge in [-0.2, -0.15) is 30.7 Å². The highest BCUT2D eigenvalue weighted by molar-refractivity contribution is 14.1. The standard InChI is InChI=1S/C11H18F7ISi2/c1-20(2,3)7(8(19)21(4,5)6)9(12,13)10(14,15)11(16,17)18/h1-6H3. The van der Waals surface area contributed by atoms with E-state index in [0.29, 0.717) is 0 Å². The predicted molar refractivity (Wildman–Crippen MR) is 83.7 cm³/mol. The van der Waals surface area contributed by atoms with E-state index in [2.05, 4.69) is 0 Å². The van der Waals surface area contributed by atoms with Crippen molar-refractivity contribution in [1.82, 2.24) is 0 Å². The second kappa shape index (κ2) is 5.80. The lowest BCUT2D eigenvalue weighted by atomic mass is 10.1. The SMILES string of the molecule is C[Si](C)(C)C(I)=C(C(F)(F)C(F)(F)C(F)(F)F)[Si](C)(C)C. The van der Waals surface area contributed by atoms with Crippen LogP contribution >= 0.6 is 22.6 Å². The molecule has 0 aliphatic heterocycles. The number of rotatable bonds is 4. The van der Waals surface area contributed by atoms with Crippen molar-refractivity contribution in [3.8, 4) is 0 Å². The molecule has 0 heterocycles. The van der Waals surface area contributed by atoms with Gasteiger partial charge in [-0.25, -0.2) is 0 Å². The van der Waals surface area contributed by atoms with Crippen LogP contribution in [0.1, 0.15) is 0 Å². The quantitative estimate of drug-likeness (QED) is 0.261. The average Bonchev–Trinajstić information content (AvgIpc) is 2.10. The predicted octanol–water partition coefficient (Wildman–Crippen LogP) is 6.26. The number of halogens is 8. The van der Waals surface area contributed by atoms with Crippen LogP contribution in [0.3, 0.4) is 0 Å². The Kier molecular flexibility index (Phi) is 5.92. The zero-order valence-corrected chi connectivity index (χ0v) is 16.7. The molecule has 0 amide bonds. The molecule has 0 bridgehead atoms. The summed E-state index contributed by atoms with van der Waals surface area (Å²) < 4.78 is 92.3. The van der Waals surface area contributed by atoms with Crippen molar-refractivity contribution in [2.75, 3.05) is 0 Å². The highest BCUT2D eigenvalue weighted by Gasteiger charge is 2.75. The van der Waals surface area contributed by atoms with Crippen LogP contribution in [-0.4, -0.2) is 34.2 Å². The van der Waals surface area contributed by atoms with E-state index in [0.717, 1.165) is 0 Å². The van der Waals surface area contributed by atoms with Gasteiger partial charge < -0.3 is 0 Å². The maximum Gasteiger partial charge on any atom is 0.460 e. The minimum absolute atomic E-state index is 0.00630. The Morgan fingerprint density at radius 3 is 1.24 bits per heavy atom. The Morgan fingerprint density at radius 2 is 1.05 bits per heavy atom. The van der Waals surface area contributed by atoms with Crippen molar-refractivity contribution in [2.24, 2.45) is 0 Å². The molecular weight excluding hydrogens is 448 g/mol. The maximum atomic E-state index is 14.2. The van der Waals surface area contributed by atoms with Gasteiger partial charge in [-0.15, -0.1) is 0 Å². The Balaban J connectivity index is 6.51. The number of alkyl halides is 7. The third kappa shape index (κ3) is 4.24.